The summed E-state index contributed by atoms with van der Waals surface area (Å²) < 4.78 is 33.3. The Morgan fingerprint density at radius 1 is 0.940 bits per heavy atom. The maximum Gasteiger partial charge on any atom is 0.407 e. The van der Waals surface area contributed by atoms with E-state index in [-0.39, 0.29) is 30.9 Å². The van der Waals surface area contributed by atoms with Crippen LogP contribution in [0.25, 0.3) is 0 Å². The molecular weight excluding hydrogens is 667 g/mol. The second-order valence-corrected chi connectivity index (χ2v) is 14.0. The predicted molar refractivity (Wildman–Crippen MR) is 186 cm³/mol. The summed E-state index contributed by atoms with van der Waals surface area (Å²) in [6.07, 6.45) is 7.74. The van der Waals surface area contributed by atoms with Gasteiger partial charge in [0.1, 0.15) is 18.7 Å². The van der Waals surface area contributed by atoms with Crippen molar-refractivity contribution in [1.82, 2.24) is 21.3 Å². The van der Waals surface area contributed by atoms with Crippen molar-refractivity contribution < 1.29 is 47.1 Å². The molecule has 1 aromatic carbocycles. The predicted octanol–water partition coefficient (Wildman–Crippen LogP) is 4.46. The van der Waals surface area contributed by atoms with Crippen LogP contribution in [0.4, 0.5) is 4.79 Å². The normalized spacial score (nSPS) is 18.6. The van der Waals surface area contributed by atoms with E-state index in [0.717, 1.165) is 56.9 Å². The van der Waals surface area contributed by atoms with Crippen LogP contribution in [0.5, 0.6) is 0 Å². The van der Waals surface area contributed by atoms with E-state index in [0.29, 0.717) is 45.2 Å². The van der Waals surface area contributed by atoms with Crippen molar-refractivity contribution in [2.75, 3.05) is 19.7 Å². The minimum absolute atomic E-state index is 0.138. The summed E-state index contributed by atoms with van der Waals surface area (Å²) >= 11 is 0. The maximum atomic E-state index is 13.6. The van der Waals surface area contributed by atoms with Gasteiger partial charge in [0, 0.05) is 12.5 Å². The van der Waals surface area contributed by atoms with E-state index >= 15 is 0 Å². The molecule has 4 N–H and O–H groups in total. The lowest BCUT2D eigenvalue weighted by atomic mass is 9.88. The number of amides is 3. The van der Waals surface area contributed by atoms with E-state index < -0.39 is 50.5 Å². The van der Waals surface area contributed by atoms with Gasteiger partial charge in [0.05, 0.1) is 12.6 Å². The average molecular weight is 723 g/mol. The number of nitrogens with one attached hydrogen (secondary N) is 4. The third-order valence-electron chi connectivity index (χ3n) is 8.82. The summed E-state index contributed by atoms with van der Waals surface area (Å²) in [5.74, 6) is -2.33. The van der Waals surface area contributed by atoms with Crippen molar-refractivity contribution in [2.24, 2.45) is 5.92 Å². The van der Waals surface area contributed by atoms with E-state index in [1.807, 2.05) is 37.3 Å². The summed E-state index contributed by atoms with van der Waals surface area (Å²) in [6, 6.07) is 7.46. The van der Waals surface area contributed by atoms with Crippen LogP contribution in [0.1, 0.15) is 103 Å². The zero-order valence-electron chi connectivity index (χ0n) is 29.4. The molecule has 1 aliphatic heterocycles. The number of carbonyl (C=O) groups is 5. The first kappa shape index (κ1) is 41.1. The number of hydrogen-bond acceptors (Lipinski definition) is 11. The zero-order chi connectivity index (χ0) is 36.1. The van der Waals surface area contributed by atoms with Gasteiger partial charge in [0.25, 0.3) is 0 Å². The van der Waals surface area contributed by atoms with E-state index in [1.165, 1.54) is 6.92 Å². The van der Waals surface area contributed by atoms with Crippen molar-refractivity contribution in [1.29, 1.82) is 0 Å². The highest BCUT2D eigenvalue weighted by Gasteiger charge is 2.30. The van der Waals surface area contributed by atoms with Crippen LogP contribution in [-0.4, -0.2) is 73.8 Å². The fourth-order valence-corrected chi connectivity index (χ4v) is 6.63. The highest BCUT2D eigenvalue weighted by atomic mass is 31.1. The molecule has 1 saturated carbocycles. The zero-order valence-corrected chi connectivity index (χ0v) is 30.4. The molecule has 14 nitrogen and oxygen atoms in total. The van der Waals surface area contributed by atoms with E-state index in [2.05, 4.69) is 21.3 Å². The minimum Gasteiger partial charge on any atom is -0.445 e. The summed E-state index contributed by atoms with van der Waals surface area (Å²) in [7, 11) is -3.19. The molecular formula is C35H55N4O10P. The number of unbranched alkanes of at least 4 members (excludes halogenated alkanes) is 2. The fourth-order valence-electron chi connectivity index (χ4n) is 5.84. The van der Waals surface area contributed by atoms with Crippen molar-refractivity contribution in [3.8, 4) is 0 Å². The van der Waals surface area contributed by atoms with Crippen molar-refractivity contribution >= 4 is 38.1 Å². The third kappa shape index (κ3) is 15.7. The number of hydrogen-bond donors (Lipinski definition) is 4. The molecule has 1 aromatic rings. The van der Waals surface area contributed by atoms with Gasteiger partial charge in [-0.2, -0.15) is 0 Å². The number of carbonyl (C=O) groups excluding carboxylic acids is 5. The van der Waals surface area contributed by atoms with Crippen molar-refractivity contribution in [3.63, 3.8) is 0 Å². The van der Waals surface area contributed by atoms with Gasteiger partial charge >= 0.3 is 26.3 Å². The van der Waals surface area contributed by atoms with Gasteiger partial charge in [-0.05, 0) is 70.4 Å². The second kappa shape index (κ2) is 23.2. The lowest BCUT2D eigenvalue weighted by Crippen LogP contribution is -2.51. The van der Waals surface area contributed by atoms with Gasteiger partial charge in [0.15, 0.2) is 6.10 Å². The summed E-state index contributed by atoms with van der Waals surface area (Å²) in [5, 5.41) is 11.6. The minimum atomic E-state index is -3.19. The highest BCUT2D eigenvalue weighted by Crippen LogP contribution is 2.27. The largest absolute Gasteiger partial charge is 0.445 e. The molecule has 0 radical (unpaired) electrons. The monoisotopic (exact) mass is 722 g/mol. The molecule has 1 heterocycles. The lowest BCUT2D eigenvalue weighted by Gasteiger charge is -2.26. The Kier molecular flexibility index (Phi) is 19.1. The summed E-state index contributed by atoms with van der Waals surface area (Å²) in [4.78, 5) is 63.3. The average Bonchev–Trinajstić information content (AvgIpc) is 3.67. The van der Waals surface area contributed by atoms with Crippen LogP contribution in [0.3, 0.4) is 0 Å². The molecule has 0 aromatic heterocycles. The molecule has 50 heavy (non-hydrogen) atoms. The fraction of sp³-hybridized carbons (Fsp3) is 0.686. The van der Waals surface area contributed by atoms with Crippen LogP contribution >= 0.6 is 8.25 Å². The van der Waals surface area contributed by atoms with Crippen molar-refractivity contribution in [2.45, 2.75) is 128 Å². The second-order valence-electron chi connectivity index (χ2n) is 12.9. The van der Waals surface area contributed by atoms with Gasteiger partial charge in [0.2, 0.25) is 11.8 Å². The molecule has 280 valence electrons. The van der Waals surface area contributed by atoms with Crippen molar-refractivity contribution in [3.05, 3.63) is 35.9 Å². The summed E-state index contributed by atoms with van der Waals surface area (Å²) in [5.41, 5.74) is 0.882. The molecule has 1 aliphatic carbocycles. The Morgan fingerprint density at radius 2 is 1.70 bits per heavy atom. The van der Waals surface area contributed by atoms with Gasteiger partial charge < -0.3 is 35.3 Å². The molecule has 3 rings (SSSR count). The van der Waals surface area contributed by atoms with Crippen LogP contribution in [0.15, 0.2) is 30.3 Å². The van der Waals surface area contributed by atoms with Crippen LogP contribution < -0.4 is 21.3 Å². The quantitative estimate of drug-likeness (QED) is 0.0608. The van der Waals surface area contributed by atoms with Gasteiger partial charge in [-0.1, -0.05) is 69.4 Å². The summed E-state index contributed by atoms with van der Waals surface area (Å²) in [6.45, 7) is 4.35. The number of benzene rings is 1. The topological polar surface area (TPSA) is 187 Å². The first-order valence-electron chi connectivity index (χ1n) is 18.0. The Hall–Kier alpha value is -3.32. The lowest BCUT2D eigenvalue weighted by molar-refractivity contribution is -0.165. The number of ether oxygens (including phenoxy) is 2. The van der Waals surface area contributed by atoms with E-state index in [9.17, 15) is 28.5 Å². The molecule has 15 heteroatoms. The van der Waals surface area contributed by atoms with E-state index in [4.69, 9.17) is 18.5 Å². The third-order valence-corrected chi connectivity index (χ3v) is 9.76. The molecule has 3 amide bonds. The van der Waals surface area contributed by atoms with Crippen LogP contribution in [-0.2, 0) is 48.9 Å². The molecule has 0 bridgehead atoms. The molecule has 0 spiro atoms. The Balaban J connectivity index is 1.49. The maximum absolute atomic E-state index is 13.6. The Labute approximate surface area is 295 Å². The first-order valence-corrected chi connectivity index (χ1v) is 19.3. The first-order chi connectivity index (χ1) is 24.2. The van der Waals surface area contributed by atoms with E-state index in [1.54, 1.807) is 0 Å². The standard InChI is InChI=1S/C35H55N4O10P/c1-3-4-18-28(24-47-50(45)49-25(2)33(42)48-34(43)30-20-13-22-36-30)38-32(41)29(39-31(40)27-16-9-6-10-17-27)19-11-12-21-37-35(44)46-23-26-14-7-5-8-15-26/h5,7-8,14-15,25,27-30,36,50H,3-4,6,9-13,16-24H2,1-2H3,(H,37,44)(H,38,41)(H,39,40)/t25?,28?,29?,30-/m0/s1. The molecule has 2 aliphatic rings. The molecule has 4 unspecified atom stereocenters. The van der Waals surface area contributed by atoms with Crippen LogP contribution in [0.2, 0.25) is 0 Å². The number of esters is 2. The number of alkyl carbamates (subject to hydrolysis) is 1. The van der Waals surface area contributed by atoms with Gasteiger partial charge in [-0.25, -0.2) is 14.4 Å². The van der Waals surface area contributed by atoms with Gasteiger partial charge in [-0.3, -0.25) is 18.7 Å². The van der Waals surface area contributed by atoms with Gasteiger partial charge in [-0.15, -0.1) is 0 Å². The van der Waals surface area contributed by atoms with Crippen LogP contribution in [0, 0.1) is 5.92 Å². The molecule has 5 atom stereocenters. The smallest absolute Gasteiger partial charge is 0.407 e. The molecule has 2 fully saturated rings. The number of rotatable bonds is 21. The highest BCUT2D eigenvalue weighted by molar-refractivity contribution is 7.33. The molecule has 1 saturated heterocycles. The Bertz CT molecular complexity index is 1240. The SMILES string of the molecule is CCCCC(CO[PH](=O)OC(C)C(=O)OC(=O)[C@@H]1CCCN1)NC(=O)C(CCCCNC(=O)OCc1ccccc1)NC(=O)C1CCCCC1. The Morgan fingerprint density at radius 3 is 2.40 bits per heavy atom.